The summed E-state index contributed by atoms with van der Waals surface area (Å²) in [5.74, 6) is 0. The molecule has 0 spiro atoms. The first-order chi connectivity index (χ1) is 6.41. The van der Waals surface area contributed by atoms with Gasteiger partial charge in [-0.3, -0.25) is 0 Å². The van der Waals surface area contributed by atoms with Crippen molar-refractivity contribution < 1.29 is 5.11 Å². The summed E-state index contributed by atoms with van der Waals surface area (Å²) in [7, 11) is 0. The van der Waals surface area contributed by atoms with Crippen LogP contribution in [0, 0.1) is 0 Å². The fraction of sp³-hybridized carbons (Fsp3) is 0.500. The largest absolute Gasteiger partial charge is 0.396 e. The summed E-state index contributed by atoms with van der Waals surface area (Å²) in [6.07, 6.45) is 16.6. The molecule has 1 N–H and O–H groups in total. The fourth-order valence-corrected chi connectivity index (χ4v) is 0.866. The van der Waals surface area contributed by atoms with Crippen molar-refractivity contribution in [3.05, 3.63) is 36.5 Å². The van der Waals surface area contributed by atoms with Crippen molar-refractivity contribution in [3.63, 3.8) is 0 Å². The summed E-state index contributed by atoms with van der Waals surface area (Å²) in [6, 6.07) is 0. The molecule has 0 atom stereocenters. The number of hydrogen-bond donors (Lipinski definition) is 1. The zero-order chi connectivity index (χ0) is 9.78. The van der Waals surface area contributed by atoms with Gasteiger partial charge in [0.1, 0.15) is 0 Å². The first-order valence-electron chi connectivity index (χ1n) is 4.99. The molecular weight excluding hydrogens is 160 g/mol. The molecule has 0 aliphatic heterocycles. The van der Waals surface area contributed by atoms with Gasteiger partial charge in [-0.2, -0.15) is 0 Å². The van der Waals surface area contributed by atoms with E-state index in [1.165, 1.54) is 6.42 Å². The van der Waals surface area contributed by atoms with Gasteiger partial charge in [0, 0.05) is 6.61 Å². The monoisotopic (exact) mass is 180 g/mol. The molecule has 74 valence electrons. The Morgan fingerprint density at radius 2 is 1.69 bits per heavy atom. The minimum absolute atomic E-state index is 0.247. The molecule has 0 fully saturated rings. The third kappa shape index (κ3) is 11.2. The van der Waals surface area contributed by atoms with Crippen LogP contribution in [0.1, 0.15) is 32.6 Å². The van der Waals surface area contributed by atoms with E-state index in [9.17, 15) is 0 Å². The van der Waals surface area contributed by atoms with Gasteiger partial charge in [0.15, 0.2) is 0 Å². The summed E-state index contributed by atoms with van der Waals surface area (Å²) in [4.78, 5) is 0. The molecule has 0 amide bonds. The molecule has 0 aliphatic carbocycles. The minimum atomic E-state index is 0.247. The molecule has 0 aromatic carbocycles. The molecule has 0 aliphatic rings. The van der Waals surface area contributed by atoms with Crippen LogP contribution in [0.4, 0.5) is 0 Å². The highest BCUT2D eigenvalue weighted by Gasteiger charge is 1.73. The SMILES string of the molecule is CCCC=CC=CC/C=C/CCO. The van der Waals surface area contributed by atoms with E-state index in [2.05, 4.69) is 37.3 Å². The molecule has 0 saturated carbocycles. The number of unbranched alkanes of at least 4 members (excludes halogenated alkanes) is 1. The summed E-state index contributed by atoms with van der Waals surface area (Å²) in [6.45, 7) is 2.42. The number of aliphatic hydroxyl groups is 1. The smallest absolute Gasteiger partial charge is 0.0465 e. The van der Waals surface area contributed by atoms with Crippen LogP contribution < -0.4 is 0 Å². The first kappa shape index (κ1) is 12.2. The molecule has 1 nitrogen and oxygen atoms in total. The Balaban J connectivity index is 3.30. The summed E-state index contributed by atoms with van der Waals surface area (Å²) in [5.41, 5.74) is 0. The van der Waals surface area contributed by atoms with E-state index in [0.717, 1.165) is 19.3 Å². The van der Waals surface area contributed by atoms with Gasteiger partial charge < -0.3 is 5.11 Å². The van der Waals surface area contributed by atoms with Gasteiger partial charge in [-0.1, -0.05) is 49.8 Å². The van der Waals surface area contributed by atoms with Crippen LogP contribution in [-0.2, 0) is 0 Å². The Bertz CT molecular complexity index is 166. The normalized spacial score (nSPS) is 12.5. The molecule has 13 heavy (non-hydrogen) atoms. The molecule has 0 rings (SSSR count). The molecule has 1 heteroatoms. The number of aliphatic hydroxyl groups excluding tert-OH is 1. The Morgan fingerprint density at radius 3 is 2.38 bits per heavy atom. The summed E-state index contributed by atoms with van der Waals surface area (Å²) >= 11 is 0. The van der Waals surface area contributed by atoms with E-state index in [4.69, 9.17) is 5.11 Å². The van der Waals surface area contributed by atoms with E-state index in [1.54, 1.807) is 0 Å². The van der Waals surface area contributed by atoms with Crippen molar-refractivity contribution in [3.8, 4) is 0 Å². The minimum Gasteiger partial charge on any atom is -0.396 e. The van der Waals surface area contributed by atoms with Gasteiger partial charge in [0.05, 0.1) is 0 Å². The second-order valence-corrected chi connectivity index (χ2v) is 2.86. The summed E-state index contributed by atoms with van der Waals surface area (Å²) in [5, 5.41) is 8.49. The van der Waals surface area contributed by atoms with Crippen LogP contribution in [0.25, 0.3) is 0 Å². The van der Waals surface area contributed by atoms with Crippen LogP contribution in [-0.4, -0.2) is 11.7 Å². The van der Waals surface area contributed by atoms with Gasteiger partial charge in [-0.25, -0.2) is 0 Å². The second kappa shape index (κ2) is 11.2. The predicted molar refractivity (Wildman–Crippen MR) is 58.6 cm³/mol. The molecule has 0 bridgehead atoms. The molecule has 0 saturated heterocycles. The molecule has 0 aromatic heterocycles. The third-order valence-electron chi connectivity index (χ3n) is 1.57. The number of allylic oxidation sites excluding steroid dienone is 5. The molecule has 0 aromatic rings. The Labute approximate surface area is 81.5 Å². The van der Waals surface area contributed by atoms with Crippen LogP contribution in [0.2, 0.25) is 0 Å². The van der Waals surface area contributed by atoms with Crippen LogP contribution in [0.5, 0.6) is 0 Å². The standard InChI is InChI=1S/C12H20O/c1-2-3-4-5-6-7-8-9-10-11-12-13/h4-7,9-10,13H,2-3,8,11-12H2,1H3/b5-4?,7-6?,10-9+. The van der Waals surface area contributed by atoms with E-state index in [0.29, 0.717) is 0 Å². The van der Waals surface area contributed by atoms with Crippen LogP contribution in [0.15, 0.2) is 36.5 Å². The van der Waals surface area contributed by atoms with E-state index < -0.39 is 0 Å². The maximum Gasteiger partial charge on any atom is 0.0465 e. The van der Waals surface area contributed by atoms with Crippen molar-refractivity contribution in [2.45, 2.75) is 32.6 Å². The lowest BCUT2D eigenvalue weighted by molar-refractivity contribution is 0.302. The highest BCUT2D eigenvalue weighted by atomic mass is 16.2. The maximum absolute atomic E-state index is 8.49. The van der Waals surface area contributed by atoms with Crippen molar-refractivity contribution in [2.24, 2.45) is 0 Å². The van der Waals surface area contributed by atoms with Crippen molar-refractivity contribution >= 4 is 0 Å². The van der Waals surface area contributed by atoms with Gasteiger partial charge in [-0.05, 0) is 19.3 Å². The average molecular weight is 180 g/mol. The maximum atomic E-state index is 8.49. The average Bonchev–Trinajstić information content (AvgIpc) is 2.16. The molecule has 0 unspecified atom stereocenters. The third-order valence-corrected chi connectivity index (χ3v) is 1.57. The van der Waals surface area contributed by atoms with Crippen LogP contribution >= 0.6 is 0 Å². The van der Waals surface area contributed by atoms with Crippen molar-refractivity contribution in [1.82, 2.24) is 0 Å². The number of hydrogen-bond acceptors (Lipinski definition) is 1. The molecule has 0 heterocycles. The summed E-state index contributed by atoms with van der Waals surface area (Å²) < 4.78 is 0. The van der Waals surface area contributed by atoms with Crippen LogP contribution in [0.3, 0.4) is 0 Å². The first-order valence-corrected chi connectivity index (χ1v) is 4.99. The highest BCUT2D eigenvalue weighted by Crippen LogP contribution is 1.91. The van der Waals surface area contributed by atoms with E-state index >= 15 is 0 Å². The van der Waals surface area contributed by atoms with Gasteiger partial charge >= 0.3 is 0 Å². The lowest BCUT2D eigenvalue weighted by Gasteiger charge is -1.83. The van der Waals surface area contributed by atoms with Gasteiger partial charge in [0.2, 0.25) is 0 Å². The van der Waals surface area contributed by atoms with Gasteiger partial charge in [-0.15, -0.1) is 0 Å². The Hall–Kier alpha value is -0.820. The second-order valence-electron chi connectivity index (χ2n) is 2.86. The zero-order valence-electron chi connectivity index (χ0n) is 8.45. The lowest BCUT2D eigenvalue weighted by atomic mass is 10.3. The van der Waals surface area contributed by atoms with Gasteiger partial charge in [0.25, 0.3) is 0 Å². The fourth-order valence-electron chi connectivity index (χ4n) is 0.866. The zero-order valence-corrected chi connectivity index (χ0v) is 8.45. The van der Waals surface area contributed by atoms with Crippen molar-refractivity contribution in [1.29, 1.82) is 0 Å². The highest BCUT2D eigenvalue weighted by molar-refractivity contribution is 5.04. The topological polar surface area (TPSA) is 20.2 Å². The Kier molecular flexibility index (Phi) is 10.5. The van der Waals surface area contributed by atoms with E-state index in [-0.39, 0.29) is 6.61 Å². The molecule has 0 radical (unpaired) electrons. The van der Waals surface area contributed by atoms with E-state index in [1.807, 2.05) is 6.08 Å². The lowest BCUT2D eigenvalue weighted by Crippen LogP contribution is -1.74. The Morgan fingerprint density at radius 1 is 0.923 bits per heavy atom. The predicted octanol–water partition coefficient (Wildman–Crippen LogP) is 3.23. The van der Waals surface area contributed by atoms with Crippen molar-refractivity contribution in [2.75, 3.05) is 6.61 Å². The quantitative estimate of drug-likeness (QED) is 0.471. The molecular formula is C12H20O. The number of rotatable bonds is 7.